The van der Waals surface area contributed by atoms with Crippen LogP contribution < -0.4 is 0 Å². The lowest BCUT2D eigenvalue weighted by molar-refractivity contribution is 0.0555. The minimum Gasteiger partial charge on any atom is -0.295 e. The van der Waals surface area contributed by atoms with Gasteiger partial charge >= 0.3 is 0 Å². The average Bonchev–Trinajstić information content (AvgIpc) is 2.67. The van der Waals surface area contributed by atoms with Crippen molar-refractivity contribution >= 4 is 0 Å². The van der Waals surface area contributed by atoms with Crippen LogP contribution >= 0.6 is 0 Å². The molecular weight excluding hydrogens is 242 g/mol. The maximum atomic E-state index is 2.84. The van der Waals surface area contributed by atoms with Gasteiger partial charge in [-0.1, -0.05) is 66.2 Å². The van der Waals surface area contributed by atoms with Crippen LogP contribution in [0.4, 0.5) is 0 Å². The Morgan fingerprint density at radius 1 is 0.900 bits per heavy atom. The molecule has 1 rings (SSSR count). The third kappa shape index (κ3) is 5.39. The van der Waals surface area contributed by atoms with E-state index in [0.717, 1.165) is 18.1 Å². The van der Waals surface area contributed by atoms with Gasteiger partial charge in [0, 0.05) is 18.1 Å². The van der Waals surface area contributed by atoms with Gasteiger partial charge in [0.1, 0.15) is 0 Å². The van der Waals surface area contributed by atoms with Crippen molar-refractivity contribution in [2.75, 3.05) is 0 Å². The minimum absolute atomic E-state index is 0.413. The second-order valence-corrected chi connectivity index (χ2v) is 8.16. The Balaban J connectivity index is 2.45. The Morgan fingerprint density at radius 2 is 1.40 bits per heavy atom. The summed E-state index contributed by atoms with van der Waals surface area (Å²) in [6, 6.07) is 2.34. The maximum Gasteiger partial charge on any atom is 0.0149 e. The molecule has 120 valence electrons. The van der Waals surface area contributed by atoms with Crippen LogP contribution in [0.1, 0.15) is 99.3 Å². The number of rotatable bonds is 8. The van der Waals surface area contributed by atoms with Gasteiger partial charge in [0.25, 0.3) is 0 Å². The summed E-state index contributed by atoms with van der Waals surface area (Å²) in [5.41, 5.74) is 0.413. The molecule has 0 saturated carbocycles. The van der Waals surface area contributed by atoms with Crippen molar-refractivity contribution in [3.63, 3.8) is 0 Å². The molecule has 1 nitrogen and oxygen atoms in total. The van der Waals surface area contributed by atoms with Gasteiger partial charge in [-0.15, -0.1) is 0 Å². The fraction of sp³-hybridized carbons (Fsp3) is 1.00. The molecule has 1 heteroatoms. The van der Waals surface area contributed by atoms with Crippen LogP contribution in [0, 0.1) is 5.41 Å². The van der Waals surface area contributed by atoms with Crippen LogP contribution in [-0.4, -0.2) is 23.0 Å². The Hall–Kier alpha value is -0.0400. The first kappa shape index (κ1) is 18.0. The monoisotopic (exact) mass is 281 g/mol. The van der Waals surface area contributed by atoms with E-state index in [0.29, 0.717) is 5.41 Å². The maximum absolute atomic E-state index is 2.84. The molecule has 0 spiro atoms. The molecular formula is C19H39N. The van der Waals surface area contributed by atoms with Crippen LogP contribution in [0.5, 0.6) is 0 Å². The molecule has 0 aliphatic carbocycles. The third-order valence-corrected chi connectivity index (χ3v) is 5.21. The van der Waals surface area contributed by atoms with Crippen LogP contribution in [0.2, 0.25) is 0 Å². The highest BCUT2D eigenvalue weighted by Gasteiger charge is 2.38. The van der Waals surface area contributed by atoms with Gasteiger partial charge in [0.15, 0.2) is 0 Å². The summed E-state index contributed by atoms with van der Waals surface area (Å²) in [6.07, 6.45) is 12.7. The van der Waals surface area contributed by atoms with Gasteiger partial charge in [0.05, 0.1) is 0 Å². The zero-order valence-electron chi connectivity index (χ0n) is 15.0. The first-order valence-corrected chi connectivity index (χ1v) is 9.15. The molecule has 0 aromatic carbocycles. The van der Waals surface area contributed by atoms with Crippen LogP contribution in [0.25, 0.3) is 0 Å². The normalized spacial score (nSPS) is 26.1. The van der Waals surface area contributed by atoms with Crippen LogP contribution in [0.3, 0.4) is 0 Å². The lowest BCUT2D eigenvalue weighted by Crippen LogP contribution is -2.48. The Labute approximate surface area is 128 Å². The second kappa shape index (κ2) is 8.41. The standard InChI is InChI=1S/C19H39N/c1-7-8-9-10-11-12-13-18(19(4,5)6)20-16(2)14-15-17(20)3/h16-18H,7-15H2,1-6H3. The second-order valence-electron chi connectivity index (χ2n) is 8.16. The molecule has 3 atom stereocenters. The zero-order valence-corrected chi connectivity index (χ0v) is 15.0. The predicted octanol–water partition coefficient (Wildman–Crippen LogP) is 6.02. The van der Waals surface area contributed by atoms with Crippen molar-refractivity contribution in [3.8, 4) is 0 Å². The van der Waals surface area contributed by atoms with E-state index in [-0.39, 0.29) is 0 Å². The Morgan fingerprint density at radius 3 is 1.90 bits per heavy atom. The summed E-state index contributed by atoms with van der Waals surface area (Å²) >= 11 is 0. The Kier molecular flexibility index (Phi) is 7.58. The zero-order chi connectivity index (χ0) is 15.2. The first-order chi connectivity index (χ1) is 9.38. The molecule has 0 N–H and O–H groups in total. The molecule has 1 aliphatic rings. The highest BCUT2D eigenvalue weighted by atomic mass is 15.2. The largest absolute Gasteiger partial charge is 0.295 e. The molecule has 0 amide bonds. The first-order valence-electron chi connectivity index (χ1n) is 9.15. The van der Waals surface area contributed by atoms with E-state index in [1.54, 1.807) is 0 Å². The van der Waals surface area contributed by atoms with Gasteiger partial charge in [-0.2, -0.15) is 0 Å². The van der Waals surface area contributed by atoms with E-state index in [9.17, 15) is 0 Å². The van der Waals surface area contributed by atoms with E-state index < -0.39 is 0 Å². The van der Waals surface area contributed by atoms with Crippen molar-refractivity contribution in [2.24, 2.45) is 5.41 Å². The molecule has 0 radical (unpaired) electrons. The van der Waals surface area contributed by atoms with Crippen molar-refractivity contribution in [2.45, 2.75) is 117 Å². The summed E-state index contributed by atoms with van der Waals surface area (Å²) in [7, 11) is 0. The summed E-state index contributed by atoms with van der Waals surface area (Å²) < 4.78 is 0. The molecule has 0 bridgehead atoms. The molecule has 0 aromatic heterocycles. The molecule has 1 aliphatic heterocycles. The van der Waals surface area contributed by atoms with Crippen molar-refractivity contribution in [1.29, 1.82) is 0 Å². The van der Waals surface area contributed by atoms with Gasteiger partial charge in [0.2, 0.25) is 0 Å². The van der Waals surface area contributed by atoms with E-state index in [2.05, 4.69) is 46.4 Å². The smallest absolute Gasteiger partial charge is 0.0149 e. The van der Waals surface area contributed by atoms with Crippen molar-refractivity contribution in [1.82, 2.24) is 4.90 Å². The van der Waals surface area contributed by atoms with Gasteiger partial charge in [-0.3, -0.25) is 4.90 Å². The van der Waals surface area contributed by atoms with Crippen LogP contribution in [-0.2, 0) is 0 Å². The summed E-state index contributed by atoms with van der Waals surface area (Å²) in [5.74, 6) is 0. The minimum atomic E-state index is 0.413. The lowest BCUT2D eigenvalue weighted by atomic mass is 9.81. The topological polar surface area (TPSA) is 3.24 Å². The number of hydrogen-bond acceptors (Lipinski definition) is 1. The lowest BCUT2D eigenvalue weighted by Gasteiger charge is -2.43. The highest BCUT2D eigenvalue weighted by molar-refractivity contribution is 4.92. The summed E-state index contributed by atoms with van der Waals surface area (Å²) in [4.78, 5) is 2.84. The predicted molar refractivity (Wildman–Crippen MR) is 91.2 cm³/mol. The third-order valence-electron chi connectivity index (χ3n) is 5.21. The highest BCUT2D eigenvalue weighted by Crippen LogP contribution is 2.36. The summed E-state index contributed by atoms with van der Waals surface area (Å²) in [5, 5.41) is 0. The number of nitrogens with zero attached hydrogens (tertiary/aromatic N) is 1. The van der Waals surface area contributed by atoms with Crippen molar-refractivity contribution < 1.29 is 0 Å². The number of likely N-dealkylation sites (tertiary alicyclic amines) is 1. The average molecular weight is 282 g/mol. The van der Waals surface area contributed by atoms with Crippen LogP contribution in [0.15, 0.2) is 0 Å². The molecule has 1 saturated heterocycles. The van der Waals surface area contributed by atoms with E-state index in [4.69, 9.17) is 0 Å². The van der Waals surface area contributed by atoms with E-state index >= 15 is 0 Å². The molecule has 3 unspecified atom stereocenters. The number of unbranched alkanes of at least 4 members (excludes halogenated alkanes) is 5. The van der Waals surface area contributed by atoms with E-state index in [1.807, 2.05) is 0 Å². The summed E-state index contributed by atoms with van der Waals surface area (Å²) in [6.45, 7) is 14.5. The SMILES string of the molecule is CCCCCCCCC(N1C(C)CCC1C)C(C)(C)C. The van der Waals surface area contributed by atoms with Gasteiger partial charge in [-0.05, 0) is 38.5 Å². The number of hydrogen-bond donors (Lipinski definition) is 0. The fourth-order valence-electron chi connectivity index (χ4n) is 3.98. The van der Waals surface area contributed by atoms with Crippen molar-refractivity contribution in [3.05, 3.63) is 0 Å². The fourth-order valence-corrected chi connectivity index (χ4v) is 3.98. The van der Waals surface area contributed by atoms with Gasteiger partial charge < -0.3 is 0 Å². The Bertz CT molecular complexity index is 243. The quantitative estimate of drug-likeness (QED) is 0.491. The van der Waals surface area contributed by atoms with Gasteiger partial charge in [-0.25, -0.2) is 0 Å². The van der Waals surface area contributed by atoms with E-state index in [1.165, 1.54) is 57.8 Å². The molecule has 20 heavy (non-hydrogen) atoms. The molecule has 1 fully saturated rings. The molecule has 0 aromatic rings. The molecule has 1 heterocycles.